The number of piperidine rings is 1. The molecule has 24 heavy (non-hydrogen) atoms. The molecule has 3 rings (SSSR count). The first-order valence-corrected chi connectivity index (χ1v) is 9.49. The predicted octanol–water partition coefficient (Wildman–Crippen LogP) is 4.32. The van der Waals surface area contributed by atoms with Crippen LogP contribution in [0, 0.1) is 5.41 Å². The van der Waals surface area contributed by atoms with Gasteiger partial charge in [-0.05, 0) is 51.0 Å². The fourth-order valence-electron chi connectivity index (χ4n) is 4.55. The number of nitrogens with zero attached hydrogens (tertiary/aromatic N) is 1. The van der Waals surface area contributed by atoms with Crippen molar-refractivity contribution in [3.8, 4) is 0 Å². The minimum Gasteiger partial charge on any atom is -0.375 e. The van der Waals surface area contributed by atoms with Crippen LogP contribution in [0.4, 0.5) is 0 Å². The molecule has 0 saturated carbocycles. The van der Waals surface area contributed by atoms with E-state index in [0.717, 1.165) is 38.2 Å². The van der Waals surface area contributed by atoms with Gasteiger partial charge in [0.2, 0.25) is 0 Å². The highest BCUT2D eigenvalue weighted by Crippen LogP contribution is 2.46. The van der Waals surface area contributed by atoms with Crippen LogP contribution in [0.3, 0.4) is 0 Å². The number of hydrogen-bond acceptors (Lipinski definition) is 3. The first-order chi connectivity index (χ1) is 11.5. The SMILES string of the molecule is CC[C@@]1(C)C[C@@]2(CCCN(CCC(=O)c3ccccc3)C2)CCO1. The molecule has 0 aromatic heterocycles. The molecule has 2 fully saturated rings. The molecule has 0 radical (unpaired) electrons. The molecule has 0 unspecified atom stereocenters. The van der Waals surface area contributed by atoms with E-state index in [1.54, 1.807) is 0 Å². The maximum atomic E-state index is 12.4. The van der Waals surface area contributed by atoms with Gasteiger partial charge in [-0.1, -0.05) is 37.3 Å². The summed E-state index contributed by atoms with van der Waals surface area (Å²) < 4.78 is 6.06. The Hall–Kier alpha value is -1.19. The standard InChI is InChI=1S/C21H31NO2/c1-3-20(2)16-21(12-15-24-20)11-7-13-22(17-21)14-10-19(23)18-8-5-4-6-9-18/h4-6,8-9H,3,7,10-17H2,1-2H3/t20-,21+/m0/s1. The minimum absolute atomic E-state index is 0.0428. The predicted molar refractivity (Wildman–Crippen MR) is 97.4 cm³/mol. The van der Waals surface area contributed by atoms with Gasteiger partial charge < -0.3 is 9.64 Å². The second-order valence-electron chi connectivity index (χ2n) is 8.00. The first-order valence-electron chi connectivity index (χ1n) is 9.49. The van der Waals surface area contributed by atoms with Crippen LogP contribution < -0.4 is 0 Å². The quantitative estimate of drug-likeness (QED) is 0.754. The van der Waals surface area contributed by atoms with E-state index in [4.69, 9.17) is 4.74 Å². The largest absolute Gasteiger partial charge is 0.375 e. The third kappa shape index (κ3) is 4.07. The molecule has 2 aliphatic heterocycles. The number of benzene rings is 1. The minimum atomic E-state index is 0.0428. The molecule has 1 aromatic rings. The summed E-state index contributed by atoms with van der Waals surface area (Å²) in [6.07, 6.45) is 6.61. The lowest BCUT2D eigenvalue weighted by Gasteiger charge is -2.50. The van der Waals surface area contributed by atoms with Gasteiger partial charge in [-0.3, -0.25) is 4.79 Å². The van der Waals surface area contributed by atoms with Gasteiger partial charge in [0.25, 0.3) is 0 Å². The van der Waals surface area contributed by atoms with Crippen molar-refractivity contribution in [1.29, 1.82) is 0 Å². The molecule has 2 aliphatic rings. The number of likely N-dealkylation sites (tertiary alicyclic amines) is 1. The van der Waals surface area contributed by atoms with Gasteiger partial charge in [0.1, 0.15) is 0 Å². The molecule has 1 spiro atoms. The average Bonchev–Trinajstić information content (AvgIpc) is 2.60. The van der Waals surface area contributed by atoms with E-state index >= 15 is 0 Å². The smallest absolute Gasteiger partial charge is 0.164 e. The molecule has 2 saturated heterocycles. The van der Waals surface area contributed by atoms with Crippen molar-refractivity contribution in [2.45, 2.75) is 58.0 Å². The molecule has 1 aromatic carbocycles. The van der Waals surface area contributed by atoms with E-state index in [1.165, 1.54) is 25.7 Å². The van der Waals surface area contributed by atoms with Crippen LogP contribution in [-0.4, -0.2) is 42.5 Å². The Morgan fingerprint density at radius 3 is 2.79 bits per heavy atom. The van der Waals surface area contributed by atoms with Gasteiger partial charge in [0, 0.05) is 31.7 Å². The highest BCUT2D eigenvalue weighted by atomic mass is 16.5. The fraction of sp³-hybridized carbons (Fsp3) is 0.667. The lowest BCUT2D eigenvalue weighted by molar-refractivity contribution is -0.133. The maximum Gasteiger partial charge on any atom is 0.164 e. The molecule has 0 aliphatic carbocycles. The van der Waals surface area contributed by atoms with Crippen molar-refractivity contribution in [2.24, 2.45) is 5.41 Å². The summed E-state index contributed by atoms with van der Waals surface area (Å²) in [5.41, 5.74) is 1.28. The van der Waals surface area contributed by atoms with Gasteiger partial charge in [-0.25, -0.2) is 0 Å². The lowest BCUT2D eigenvalue weighted by atomic mass is 9.68. The third-order valence-corrected chi connectivity index (χ3v) is 6.07. The topological polar surface area (TPSA) is 29.5 Å². The van der Waals surface area contributed by atoms with E-state index in [9.17, 15) is 4.79 Å². The average molecular weight is 329 g/mol. The number of ether oxygens (including phenoxy) is 1. The Labute approximate surface area is 146 Å². The zero-order valence-electron chi connectivity index (χ0n) is 15.2. The molecule has 2 atom stereocenters. The molecule has 0 bridgehead atoms. The summed E-state index contributed by atoms with van der Waals surface area (Å²) >= 11 is 0. The molecule has 3 nitrogen and oxygen atoms in total. The summed E-state index contributed by atoms with van der Waals surface area (Å²) in [5, 5.41) is 0. The number of hydrogen-bond donors (Lipinski definition) is 0. The molecular weight excluding hydrogens is 298 g/mol. The summed E-state index contributed by atoms with van der Waals surface area (Å²) in [5.74, 6) is 0.264. The van der Waals surface area contributed by atoms with Crippen molar-refractivity contribution in [3.05, 3.63) is 35.9 Å². The number of carbonyl (C=O) groups is 1. The number of ketones is 1. The van der Waals surface area contributed by atoms with Crippen molar-refractivity contribution in [2.75, 3.05) is 26.2 Å². The molecule has 3 heteroatoms. The lowest BCUT2D eigenvalue weighted by Crippen LogP contribution is -2.51. The first kappa shape index (κ1) is 17.6. The monoisotopic (exact) mass is 329 g/mol. The molecule has 2 heterocycles. The van der Waals surface area contributed by atoms with Crippen LogP contribution in [-0.2, 0) is 4.74 Å². The molecule has 0 amide bonds. The second-order valence-corrected chi connectivity index (χ2v) is 8.00. The summed E-state index contributed by atoms with van der Waals surface area (Å²) in [6.45, 7) is 8.55. The third-order valence-electron chi connectivity index (χ3n) is 6.07. The van der Waals surface area contributed by atoms with Gasteiger partial charge in [0.15, 0.2) is 5.78 Å². The highest BCUT2D eigenvalue weighted by molar-refractivity contribution is 5.96. The van der Waals surface area contributed by atoms with Crippen molar-refractivity contribution in [1.82, 2.24) is 4.90 Å². The van der Waals surface area contributed by atoms with Crippen LogP contribution in [0.2, 0.25) is 0 Å². The van der Waals surface area contributed by atoms with Gasteiger partial charge >= 0.3 is 0 Å². The van der Waals surface area contributed by atoms with E-state index in [0.29, 0.717) is 11.8 Å². The number of Topliss-reactive ketones (excluding diaryl/α,β-unsaturated/α-hetero) is 1. The van der Waals surface area contributed by atoms with Gasteiger partial charge in [-0.15, -0.1) is 0 Å². The van der Waals surface area contributed by atoms with Crippen LogP contribution in [0.25, 0.3) is 0 Å². The Bertz CT molecular complexity index is 554. The van der Waals surface area contributed by atoms with Crippen LogP contribution in [0.5, 0.6) is 0 Å². The summed E-state index contributed by atoms with van der Waals surface area (Å²) in [4.78, 5) is 14.9. The molecule has 0 N–H and O–H groups in total. The Morgan fingerprint density at radius 2 is 2.04 bits per heavy atom. The Balaban J connectivity index is 1.57. The summed E-state index contributed by atoms with van der Waals surface area (Å²) in [6, 6.07) is 9.69. The van der Waals surface area contributed by atoms with Gasteiger partial charge in [-0.2, -0.15) is 0 Å². The van der Waals surface area contributed by atoms with Gasteiger partial charge in [0.05, 0.1) is 5.60 Å². The molecule has 132 valence electrons. The zero-order chi connectivity index (χ0) is 17.0. The Kier molecular flexibility index (Phi) is 5.41. The van der Waals surface area contributed by atoms with Crippen LogP contribution in [0.1, 0.15) is 62.7 Å². The fourth-order valence-corrected chi connectivity index (χ4v) is 4.55. The highest BCUT2D eigenvalue weighted by Gasteiger charge is 2.44. The number of rotatable bonds is 5. The Morgan fingerprint density at radius 1 is 1.25 bits per heavy atom. The summed E-state index contributed by atoms with van der Waals surface area (Å²) in [7, 11) is 0. The van der Waals surface area contributed by atoms with E-state index in [-0.39, 0.29) is 11.4 Å². The van der Waals surface area contributed by atoms with Crippen molar-refractivity contribution in [3.63, 3.8) is 0 Å². The number of carbonyl (C=O) groups excluding carboxylic acids is 1. The van der Waals surface area contributed by atoms with Crippen LogP contribution in [0.15, 0.2) is 30.3 Å². The van der Waals surface area contributed by atoms with Crippen molar-refractivity contribution >= 4 is 5.78 Å². The second kappa shape index (κ2) is 7.37. The zero-order valence-corrected chi connectivity index (χ0v) is 15.2. The maximum absolute atomic E-state index is 12.4. The normalized spacial score (nSPS) is 31.2. The van der Waals surface area contributed by atoms with E-state index < -0.39 is 0 Å². The molecular formula is C21H31NO2. The van der Waals surface area contributed by atoms with E-state index in [1.807, 2.05) is 30.3 Å². The van der Waals surface area contributed by atoms with E-state index in [2.05, 4.69) is 18.7 Å². The van der Waals surface area contributed by atoms with Crippen molar-refractivity contribution < 1.29 is 9.53 Å². The van der Waals surface area contributed by atoms with Crippen LogP contribution >= 0.6 is 0 Å².